The third-order valence-corrected chi connectivity index (χ3v) is 2.90. The highest BCUT2D eigenvalue weighted by Crippen LogP contribution is 2.18. The Morgan fingerprint density at radius 1 is 1.40 bits per heavy atom. The average Bonchev–Trinajstić information content (AvgIpc) is 2.70. The molecule has 0 bridgehead atoms. The van der Waals surface area contributed by atoms with Crippen LogP contribution in [-0.2, 0) is 5.33 Å². The lowest BCUT2D eigenvalue weighted by molar-refractivity contribution is 0.606. The molecule has 0 aliphatic heterocycles. The molecule has 1 aromatic carbocycles. The number of nitrogens with zero attached hydrogens (tertiary/aromatic N) is 3. The lowest BCUT2D eigenvalue weighted by Crippen LogP contribution is -1.98. The van der Waals surface area contributed by atoms with Gasteiger partial charge in [-0.1, -0.05) is 37.1 Å². The molecule has 0 saturated heterocycles. The molecule has 2 aromatic rings. The van der Waals surface area contributed by atoms with E-state index in [0.29, 0.717) is 11.0 Å². The predicted octanol–water partition coefficient (Wildman–Crippen LogP) is 3.06. The summed E-state index contributed by atoms with van der Waals surface area (Å²) >= 11 is 6.54. The summed E-state index contributed by atoms with van der Waals surface area (Å²) in [7, 11) is 0. The highest BCUT2D eigenvalue weighted by molar-refractivity contribution is 9.10. The van der Waals surface area contributed by atoms with Crippen molar-refractivity contribution >= 4 is 31.9 Å². The van der Waals surface area contributed by atoms with Gasteiger partial charge in [0, 0.05) is 9.80 Å². The zero-order valence-corrected chi connectivity index (χ0v) is 10.7. The van der Waals surface area contributed by atoms with Crippen molar-refractivity contribution in [3.63, 3.8) is 0 Å². The van der Waals surface area contributed by atoms with Crippen LogP contribution in [0.25, 0.3) is 5.69 Å². The zero-order valence-electron chi connectivity index (χ0n) is 7.49. The molecule has 0 saturated carbocycles. The molecule has 15 heavy (non-hydrogen) atoms. The molecule has 2 rings (SSSR count). The standard InChI is InChI=1S/C9H6Br2FN3/c10-4-7-5-15(14-13-7)9-3-6(11)1-2-8(9)12/h1-3,5H,4H2. The SMILES string of the molecule is Fc1ccc(Br)cc1-n1cc(CBr)nn1. The van der Waals surface area contributed by atoms with Gasteiger partial charge < -0.3 is 0 Å². The minimum Gasteiger partial charge on any atom is -0.217 e. The fourth-order valence-electron chi connectivity index (χ4n) is 1.14. The number of aromatic nitrogens is 3. The van der Waals surface area contributed by atoms with E-state index in [-0.39, 0.29) is 5.82 Å². The van der Waals surface area contributed by atoms with Crippen LogP contribution in [0.1, 0.15) is 5.69 Å². The third kappa shape index (κ3) is 2.26. The van der Waals surface area contributed by atoms with Crippen molar-refractivity contribution in [3.8, 4) is 5.69 Å². The van der Waals surface area contributed by atoms with E-state index < -0.39 is 0 Å². The first-order chi connectivity index (χ1) is 7.20. The van der Waals surface area contributed by atoms with E-state index in [2.05, 4.69) is 42.2 Å². The lowest BCUT2D eigenvalue weighted by atomic mass is 10.3. The highest BCUT2D eigenvalue weighted by atomic mass is 79.9. The number of benzene rings is 1. The Labute approximate surface area is 103 Å². The van der Waals surface area contributed by atoms with Gasteiger partial charge in [0.1, 0.15) is 11.5 Å². The van der Waals surface area contributed by atoms with E-state index in [1.807, 2.05) is 0 Å². The van der Waals surface area contributed by atoms with Crippen LogP contribution < -0.4 is 0 Å². The molecule has 0 atom stereocenters. The normalized spacial score (nSPS) is 10.6. The van der Waals surface area contributed by atoms with Crippen LogP contribution in [0.15, 0.2) is 28.9 Å². The maximum atomic E-state index is 13.4. The molecule has 0 N–H and O–H groups in total. The molecular formula is C9H6Br2FN3. The Morgan fingerprint density at radius 3 is 2.87 bits per heavy atom. The Hall–Kier alpha value is -0.750. The predicted molar refractivity (Wildman–Crippen MR) is 61.6 cm³/mol. The van der Waals surface area contributed by atoms with Gasteiger partial charge in [-0.3, -0.25) is 0 Å². The summed E-state index contributed by atoms with van der Waals surface area (Å²) in [6, 6.07) is 4.68. The summed E-state index contributed by atoms with van der Waals surface area (Å²) in [5, 5.41) is 8.30. The Balaban J connectivity index is 2.48. The molecule has 0 spiro atoms. The quantitative estimate of drug-likeness (QED) is 0.790. The van der Waals surface area contributed by atoms with Gasteiger partial charge in [0.05, 0.1) is 11.9 Å². The minimum atomic E-state index is -0.329. The van der Waals surface area contributed by atoms with Crippen LogP contribution in [0, 0.1) is 5.82 Å². The van der Waals surface area contributed by atoms with Crippen molar-refractivity contribution in [2.45, 2.75) is 5.33 Å². The molecular weight excluding hydrogens is 329 g/mol. The van der Waals surface area contributed by atoms with Crippen LogP contribution in [0.4, 0.5) is 4.39 Å². The third-order valence-electron chi connectivity index (χ3n) is 1.83. The smallest absolute Gasteiger partial charge is 0.148 e. The summed E-state index contributed by atoms with van der Waals surface area (Å²) in [5.74, 6) is -0.329. The van der Waals surface area contributed by atoms with Crippen molar-refractivity contribution < 1.29 is 4.39 Å². The average molecular weight is 335 g/mol. The zero-order chi connectivity index (χ0) is 10.8. The van der Waals surface area contributed by atoms with Crippen LogP contribution in [0.5, 0.6) is 0 Å². The second kappa shape index (κ2) is 4.40. The Kier molecular flexibility index (Phi) is 3.16. The van der Waals surface area contributed by atoms with Crippen molar-refractivity contribution in [3.05, 3.63) is 40.4 Å². The monoisotopic (exact) mass is 333 g/mol. The van der Waals surface area contributed by atoms with E-state index in [1.54, 1.807) is 18.3 Å². The van der Waals surface area contributed by atoms with Crippen LogP contribution in [0.2, 0.25) is 0 Å². The fourth-order valence-corrected chi connectivity index (χ4v) is 1.74. The number of hydrogen-bond acceptors (Lipinski definition) is 2. The van der Waals surface area contributed by atoms with Crippen LogP contribution in [0.3, 0.4) is 0 Å². The first kappa shape index (κ1) is 10.8. The van der Waals surface area contributed by atoms with Crippen molar-refractivity contribution in [2.24, 2.45) is 0 Å². The molecule has 1 heterocycles. The molecule has 1 aromatic heterocycles. The molecule has 0 unspecified atom stereocenters. The summed E-state index contributed by atoms with van der Waals surface area (Å²) in [4.78, 5) is 0. The molecule has 0 fully saturated rings. The molecule has 0 aliphatic rings. The summed E-state index contributed by atoms with van der Waals surface area (Å²) in [5.41, 5.74) is 1.14. The van der Waals surface area contributed by atoms with E-state index >= 15 is 0 Å². The Bertz CT molecular complexity index is 484. The number of hydrogen-bond donors (Lipinski definition) is 0. The van der Waals surface area contributed by atoms with E-state index in [0.717, 1.165) is 10.2 Å². The van der Waals surface area contributed by atoms with Crippen LogP contribution >= 0.6 is 31.9 Å². The van der Waals surface area contributed by atoms with Crippen molar-refractivity contribution in [1.29, 1.82) is 0 Å². The number of rotatable bonds is 2. The highest BCUT2D eigenvalue weighted by Gasteiger charge is 2.07. The second-order valence-electron chi connectivity index (χ2n) is 2.88. The van der Waals surface area contributed by atoms with Gasteiger partial charge in [0.25, 0.3) is 0 Å². The molecule has 0 amide bonds. The largest absolute Gasteiger partial charge is 0.217 e. The Morgan fingerprint density at radius 2 is 2.20 bits per heavy atom. The minimum absolute atomic E-state index is 0.329. The first-order valence-corrected chi connectivity index (χ1v) is 6.05. The lowest BCUT2D eigenvalue weighted by Gasteiger charge is -2.01. The number of halogens is 3. The number of alkyl halides is 1. The topological polar surface area (TPSA) is 30.7 Å². The van der Waals surface area contributed by atoms with E-state index in [4.69, 9.17) is 0 Å². The molecule has 6 heteroatoms. The summed E-state index contributed by atoms with van der Waals surface area (Å²) in [6.45, 7) is 0. The van der Waals surface area contributed by atoms with E-state index in [9.17, 15) is 4.39 Å². The summed E-state index contributed by atoms with van der Waals surface area (Å²) in [6.07, 6.45) is 1.68. The molecule has 78 valence electrons. The molecule has 0 aliphatic carbocycles. The van der Waals surface area contributed by atoms with Gasteiger partial charge in [-0.2, -0.15) is 0 Å². The van der Waals surface area contributed by atoms with Gasteiger partial charge in [-0.25, -0.2) is 9.07 Å². The van der Waals surface area contributed by atoms with Gasteiger partial charge in [-0.05, 0) is 18.2 Å². The molecule has 0 radical (unpaired) electrons. The summed E-state index contributed by atoms with van der Waals surface area (Å²) < 4.78 is 15.7. The van der Waals surface area contributed by atoms with Gasteiger partial charge in [0.15, 0.2) is 0 Å². The maximum absolute atomic E-state index is 13.4. The maximum Gasteiger partial charge on any atom is 0.148 e. The van der Waals surface area contributed by atoms with Crippen LogP contribution in [-0.4, -0.2) is 15.0 Å². The van der Waals surface area contributed by atoms with Gasteiger partial charge in [-0.15, -0.1) is 5.10 Å². The van der Waals surface area contributed by atoms with Gasteiger partial charge in [0.2, 0.25) is 0 Å². The van der Waals surface area contributed by atoms with E-state index in [1.165, 1.54) is 10.7 Å². The van der Waals surface area contributed by atoms with Gasteiger partial charge >= 0.3 is 0 Å². The molecule has 3 nitrogen and oxygen atoms in total. The second-order valence-corrected chi connectivity index (χ2v) is 4.36. The fraction of sp³-hybridized carbons (Fsp3) is 0.111. The van der Waals surface area contributed by atoms with Crippen molar-refractivity contribution in [1.82, 2.24) is 15.0 Å². The first-order valence-electron chi connectivity index (χ1n) is 4.13. The van der Waals surface area contributed by atoms with Crippen molar-refractivity contribution in [2.75, 3.05) is 0 Å².